The Kier molecular flexibility index (Phi) is 2.98. The van der Waals surface area contributed by atoms with Crippen LogP contribution in [0.15, 0.2) is 18.7 Å². The van der Waals surface area contributed by atoms with E-state index in [1.165, 1.54) is 25.8 Å². The molecule has 0 saturated heterocycles. The second-order valence-corrected chi connectivity index (χ2v) is 3.80. The third kappa shape index (κ3) is 3.19. The van der Waals surface area contributed by atoms with Gasteiger partial charge in [0.15, 0.2) is 0 Å². The van der Waals surface area contributed by atoms with Crippen LogP contribution in [0.2, 0.25) is 0 Å². The normalized spacial score (nSPS) is 16.3. The summed E-state index contributed by atoms with van der Waals surface area (Å²) < 4.78 is 2.12. The Hall–Kier alpha value is -0.830. The van der Waals surface area contributed by atoms with Crippen LogP contribution in [0.25, 0.3) is 0 Å². The molecule has 0 unspecified atom stereocenters. The highest BCUT2D eigenvalue weighted by atomic mass is 15.0. The molecule has 0 atom stereocenters. The van der Waals surface area contributed by atoms with Gasteiger partial charge in [-0.1, -0.05) is 0 Å². The molecule has 0 bridgehead atoms. The summed E-state index contributed by atoms with van der Waals surface area (Å²) in [6, 6.07) is 0. The molecule has 1 heterocycles. The van der Waals surface area contributed by atoms with Crippen molar-refractivity contribution in [3.8, 4) is 0 Å². The average molecular weight is 179 g/mol. The second kappa shape index (κ2) is 4.42. The Labute approximate surface area is 79.2 Å². The molecule has 72 valence electrons. The molecule has 1 fully saturated rings. The zero-order valence-corrected chi connectivity index (χ0v) is 7.95. The van der Waals surface area contributed by atoms with Gasteiger partial charge in [-0.3, -0.25) is 0 Å². The van der Waals surface area contributed by atoms with Gasteiger partial charge in [0.1, 0.15) is 0 Å². The summed E-state index contributed by atoms with van der Waals surface area (Å²) >= 11 is 0. The first kappa shape index (κ1) is 8.75. The molecule has 1 saturated carbocycles. The predicted molar refractivity (Wildman–Crippen MR) is 52.4 cm³/mol. The first-order valence-electron chi connectivity index (χ1n) is 5.11. The molecule has 1 aliphatic rings. The summed E-state index contributed by atoms with van der Waals surface area (Å²) in [7, 11) is 0. The summed E-state index contributed by atoms with van der Waals surface area (Å²) in [6.07, 6.45) is 9.80. The van der Waals surface area contributed by atoms with Gasteiger partial charge in [0.05, 0.1) is 6.33 Å². The minimum atomic E-state index is 0.994. The van der Waals surface area contributed by atoms with Gasteiger partial charge < -0.3 is 9.88 Å². The number of aromatic nitrogens is 2. The standard InChI is InChI=1S/C10H17N3/c1(4-11-8-10-2-3-10)6-13-7-5-12-9-13/h5,7,9-11H,1-4,6,8H2. The molecular weight excluding hydrogens is 162 g/mol. The lowest BCUT2D eigenvalue weighted by molar-refractivity contribution is 0.565. The summed E-state index contributed by atoms with van der Waals surface area (Å²) in [5.41, 5.74) is 0. The Bertz CT molecular complexity index is 226. The number of rotatable bonds is 6. The number of nitrogens with zero attached hydrogens (tertiary/aromatic N) is 2. The van der Waals surface area contributed by atoms with Gasteiger partial charge in [-0.15, -0.1) is 0 Å². The highest BCUT2D eigenvalue weighted by Crippen LogP contribution is 2.27. The van der Waals surface area contributed by atoms with Crippen LogP contribution < -0.4 is 5.32 Å². The SMILES string of the molecule is c1cn(CCCNCC2CC2)cn1. The van der Waals surface area contributed by atoms with Crippen molar-refractivity contribution < 1.29 is 0 Å². The van der Waals surface area contributed by atoms with Gasteiger partial charge in [0, 0.05) is 18.9 Å². The lowest BCUT2D eigenvalue weighted by Crippen LogP contribution is -2.19. The second-order valence-electron chi connectivity index (χ2n) is 3.80. The Morgan fingerprint density at radius 3 is 3.08 bits per heavy atom. The Morgan fingerprint density at radius 1 is 1.46 bits per heavy atom. The number of aryl methyl sites for hydroxylation is 1. The van der Waals surface area contributed by atoms with Gasteiger partial charge in [0.25, 0.3) is 0 Å². The van der Waals surface area contributed by atoms with E-state index in [9.17, 15) is 0 Å². The number of nitrogens with one attached hydrogen (secondary N) is 1. The van der Waals surface area contributed by atoms with Crippen molar-refractivity contribution in [2.45, 2.75) is 25.8 Å². The van der Waals surface area contributed by atoms with E-state index in [1.807, 2.05) is 18.7 Å². The van der Waals surface area contributed by atoms with Crippen LogP contribution in [0.3, 0.4) is 0 Å². The maximum Gasteiger partial charge on any atom is 0.0945 e. The van der Waals surface area contributed by atoms with Crippen LogP contribution in [0.5, 0.6) is 0 Å². The number of imidazole rings is 1. The highest BCUT2D eigenvalue weighted by Gasteiger charge is 2.19. The molecule has 1 N–H and O–H groups in total. The summed E-state index contributed by atoms with van der Waals surface area (Å²) in [6.45, 7) is 3.44. The van der Waals surface area contributed by atoms with Gasteiger partial charge in [-0.2, -0.15) is 0 Å². The minimum Gasteiger partial charge on any atom is -0.337 e. The molecule has 1 aliphatic carbocycles. The van der Waals surface area contributed by atoms with Crippen LogP contribution in [0, 0.1) is 5.92 Å². The third-order valence-corrected chi connectivity index (χ3v) is 2.46. The van der Waals surface area contributed by atoms with Gasteiger partial charge in [-0.05, 0) is 38.3 Å². The quantitative estimate of drug-likeness (QED) is 0.666. The largest absolute Gasteiger partial charge is 0.337 e. The fourth-order valence-electron chi connectivity index (χ4n) is 1.43. The van der Waals surface area contributed by atoms with Crippen molar-refractivity contribution >= 4 is 0 Å². The molecule has 1 aromatic rings. The lowest BCUT2D eigenvalue weighted by atomic mass is 10.4. The van der Waals surface area contributed by atoms with Crippen molar-refractivity contribution in [2.75, 3.05) is 13.1 Å². The van der Waals surface area contributed by atoms with Crippen LogP contribution in [-0.4, -0.2) is 22.6 Å². The van der Waals surface area contributed by atoms with Crippen molar-refractivity contribution in [2.24, 2.45) is 5.92 Å². The van der Waals surface area contributed by atoms with Crippen LogP contribution in [0.4, 0.5) is 0 Å². The molecule has 3 heteroatoms. The summed E-state index contributed by atoms with van der Waals surface area (Å²) in [5.74, 6) is 0.994. The molecule has 2 rings (SSSR count). The molecule has 0 amide bonds. The lowest BCUT2D eigenvalue weighted by Gasteiger charge is -2.03. The van der Waals surface area contributed by atoms with E-state index >= 15 is 0 Å². The van der Waals surface area contributed by atoms with E-state index in [1.54, 1.807) is 0 Å². The number of hydrogen-bond donors (Lipinski definition) is 1. The maximum atomic E-state index is 4.00. The zero-order valence-electron chi connectivity index (χ0n) is 7.95. The van der Waals surface area contributed by atoms with E-state index in [0.717, 1.165) is 19.0 Å². The highest BCUT2D eigenvalue weighted by molar-refractivity contribution is 4.76. The third-order valence-electron chi connectivity index (χ3n) is 2.46. The molecular formula is C10H17N3. The average Bonchev–Trinajstić information content (AvgIpc) is 2.81. The zero-order chi connectivity index (χ0) is 8.93. The fraction of sp³-hybridized carbons (Fsp3) is 0.700. The first-order valence-corrected chi connectivity index (χ1v) is 5.11. The van der Waals surface area contributed by atoms with E-state index in [4.69, 9.17) is 0 Å². The molecule has 0 radical (unpaired) electrons. The molecule has 3 nitrogen and oxygen atoms in total. The molecule has 1 aromatic heterocycles. The van der Waals surface area contributed by atoms with Gasteiger partial charge >= 0.3 is 0 Å². The maximum absolute atomic E-state index is 4.00. The van der Waals surface area contributed by atoms with Crippen molar-refractivity contribution in [1.82, 2.24) is 14.9 Å². The van der Waals surface area contributed by atoms with E-state index in [-0.39, 0.29) is 0 Å². The molecule has 0 aliphatic heterocycles. The Balaban J connectivity index is 1.48. The van der Waals surface area contributed by atoms with Crippen molar-refractivity contribution in [3.05, 3.63) is 18.7 Å². The van der Waals surface area contributed by atoms with Crippen molar-refractivity contribution in [1.29, 1.82) is 0 Å². The summed E-state index contributed by atoms with van der Waals surface area (Å²) in [5, 5.41) is 3.48. The predicted octanol–water partition coefficient (Wildman–Crippen LogP) is 1.27. The first-order chi connectivity index (χ1) is 6.45. The van der Waals surface area contributed by atoms with Crippen LogP contribution in [-0.2, 0) is 6.54 Å². The van der Waals surface area contributed by atoms with Crippen LogP contribution in [0.1, 0.15) is 19.3 Å². The van der Waals surface area contributed by atoms with Gasteiger partial charge in [0.2, 0.25) is 0 Å². The minimum absolute atomic E-state index is 0.994. The van der Waals surface area contributed by atoms with E-state index in [2.05, 4.69) is 14.9 Å². The van der Waals surface area contributed by atoms with E-state index < -0.39 is 0 Å². The van der Waals surface area contributed by atoms with E-state index in [0.29, 0.717) is 0 Å². The van der Waals surface area contributed by atoms with Crippen LogP contribution >= 0.6 is 0 Å². The topological polar surface area (TPSA) is 29.9 Å². The number of hydrogen-bond acceptors (Lipinski definition) is 2. The van der Waals surface area contributed by atoms with Gasteiger partial charge in [-0.25, -0.2) is 4.98 Å². The Morgan fingerprint density at radius 2 is 2.38 bits per heavy atom. The molecule has 13 heavy (non-hydrogen) atoms. The van der Waals surface area contributed by atoms with Crippen molar-refractivity contribution in [3.63, 3.8) is 0 Å². The molecule has 0 spiro atoms. The molecule has 0 aromatic carbocycles. The fourth-order valence-corrected chi connectivity index (χ4v) is 1.43. The summed E-state index contributed by atoms with van der Waals surface area (Å²) in [4.78, 5) is 4.00. The smallest absolute Gasteiger partial charge is 0.0945 e. The monoisotopic (exact) mass is 179 g/mol.